The van der Waals surface area contributed by atoms with Crippen molar-refractivity contribution in [2.24, 2.45) is 5.41 Å². The summed E-state index contributed by atoms with van der Waals surface area (Å²) in [5.41, 5.74) is -0.422. The highest BCUT2D eigenvalue weighted by Gasteiger charge is 2.45. The molecule has 0 aromatic heterocycles. The number of benzene rings is 1. The number of nitro groups is 1. The van der Waals surface area contributed by atoms with E-state index in [1.54, 1.807) is 0 Å². The van der Waals surface area contributed by atoms with Crippen LogP contribution in [0.1, 0.15) is 13.8 Å². The number of rotatable bonds is 3. The van der Waals surface area contributed by atoms with Crippen LogP contribution >= 0.6 is 0 Å². The van der Waals surface area contributed by atoms with Gasteiger partial charge < -0.3 is 9.47 Å². The van der Waals surface area contributed by atoms with Crippen LogP contribution in [0.25, 0.3) is 0 Å². The summed E-state index contributed by atoms with van der Waals surface area (Å²) in [5.74, 6) is 0.0101. The third-order valence-electron chi connectivity index (χ3n) is 2.81. The number of nitrogens with zero attached hydrogens (tertiary/aromatic N) is 1. The van der Waals surface area contributed by atoms with Gasteiger partial charge in [0.2, 0.25) is 6.10 Å². The van der Waals surface area contributed by atoms with Crippen molar-refractivity contribution < 1.29 is 19.2 Å². The molecule has 0 N–H and O–H groups in total. The van der Waals surface area contributed by atoms with Crippen molar-refractivity contribution in [1.82, 2.24) is 0 Å². The summed E-state index contributed by atoms with van der Waals surface area (Å²) < 4.78 is 10.5. The zero-order chi connectivity index (χ0) is 13.3. The lowest BCUT2D eigenvalue weighted by atomic mass is 9.90. The van der Waals surface area contributed by atoms with Crippen molar-refractivity contribution in [3.8, 4) is 5.75 Å². The lowest BCUT2D eigenvalue weighted by molar-refractivity contribution is -0.384. The zero-order valence-electron chi connectivity index (χ0n) is 10.1. The summed E-state index contributed by atoms with van der Waals surface area (Å²) in [6.45, 7) is 4.05. The van der Waals surface area contributed by atoms with E-state index in [0.29, 0.717) is 12.4 Å². The second-order valence-corrected chi connectivity index (χ2v) is 4.85. The first-order valence-corrected chi connectivity index (χ1v) is 5.48. The van der Waals surface area contributed by atoms with Crippen LogP contribution in [0.3, 0.4) is 0 Å². The molecule has 0 amide bonds. The largest absolute Gasteiger partial charge is 0.478 e. The average molecular weight is 251 g/mol. The van der Waals surface area contributed by atoms with Crippen LogP contribution < -0.4 is 4.74 Å². The fourth-order valence-electron chi connectivity index (χ4n) is 1.72. The number of cyclic esters (lactones) is 1. The highest BCUT2D eigenvalue weighted by atomic mass is 16.6. The number of non-ortho nitro benzene ring substituents is 1. The molecule has 6 heteroatoms. The van der Waals surface area contributed by atoms with Gasteiger partial charge in [0.1, 0.15) is 12.4 Å². The monoisotopic (exact) mass is 251 g/mol. The molecular formula is C12H13NO5. The summed E-state index contributed by atoms with van der Waals surface area (Å²) in [4.78, 5) is 21.5. The van der Waals surface area contributed by atoms with Crippen LogP contribution in [0.4, 0.5) is 5.69 Å². The first kappa shape index (κ1) is 12.3. The fourth-order valence-corrected chi connectivity index (χ4v) is 1.72. The van der Waals surface area contributed by atoms with Crippen LogP contribution in [-0.2, 0) is 9.53 Å². The zero-order valence-corrected chi connectivity index (χ0v) is 10.1. The minimum Gasteiger partial charge on any atom is -0.478 e. The van der Waals surface area contributed by atoms with E-state index in [2.05, 4.69) is 0 Å². The standard InChI is InChI=1S/C12H13NO5/c1-12(2)7-17-11(14)10(12)18-9-5-3-8(4-6-9)13(15)16/h3-6,10H,7H2,1-2H3. The first-order valence-electron chi connectivity index (χ1n) is 5.48. The van der Waals surface area contributed by atoms with Gasteiger partial charge in [-0.05, 0) is 12.1 Å². The van der Waals surface area contributed by atoms with Crippen LogP contribution in [0.15, 0.2) is 24.3 Å². The van der Waals surface area contributed by atoms with Crippen molar-refractivity contribution in [1.29, 1.82) is 0 Å². The van der Waals surface area contributed by atoms with Crippen molar-refractivity contribution in [3.05, 3.63) is 34.4 Å². The number of ether oxygens (including phenoxy) is 2. The van der Waals surface area contributed by atoms with E-state index in [-0.39, 0.29) is 5.69 Å². The van der Waals surface area contributed by atoms with Crippen LogP contribution in [0.5, 0.6) is 5.75 Å². The number of esters is 1. The molecule has 1 saturated heterocycles. The van der Waals surface area contributed by atoms with E-state index in [9.17, 15) is 14.9 Å². The van der Waals surface area contributed by atoms with Crippen molar-refractivity contribution in [2.45, 2.75) is 20.0 Å². The summed E-state index contributed by atoms with van der Waals surface area (Å²) in [7, 11) is 0. The van der Waals surface area contributed by atoms with E-state index in [1.807, 2.05) is 13.8 Å². The highest BCUT2D eigenvalue weighted by Crippen LogP contribution is 2.32. The molecule has 0 radical (unpaired) electrons. The topological polar surface area (TPSA) is 78.7 Å². The van der Waals surface area contributed by atoms with Gasteiger partial charge in [0.25, 0.3) is 5.69 Å². The molecule has 0 saturated carbocycles. The molecule has 2 rings (SSSR count). The molecule has 1 aliphatic heterocycles. The second kappa shape index (κ2) is 4.29. The summed E-state index contributed by atoms with van der Waals surface area (Å²) in [5, 5.41) is 10.5. The van der Waals surface area contributed by atoms with Crippen LogP contribution in [-0.4, -0.2) is 23.6 Å². The number of carbonyl (C=O) groups excluding carboxylic acids is 1. The Hall–Kier alpha value is -2.11. The maximum Gasteiger partial charge on any atom is 0.348 e. The Labute approximate surface area is 104 Å². The highest BCUT2D eigenvalue weighted by molar-refractivity contribution is 5.78. The normalized spacial score (nSPS) is 21.4. The van der Waals surface area contributed by atoms with Crippen molar-refractivity contribution in [3.63, 3.8) is 0 Å². The molecule has 1 aromatic carbocycles. The van der Waals surface area contributed by atoms with Gasteiger partial charge in [0, 0.05) is 17.5 Å². The van der Waals surface area contributed by atoms with E-state index in [0.717, 1.165) is 0 Å². The summed E-state index contributed by atoms with van der Waals surface area (Å²) >= 11 is 0. The Kier molecular flexibility index (Phi) is 2.94. The van der Waals surface area contributed by atoms with Gasteiger partial charge >= 0.3 is 5.97 Å². The molecule has 1 unspecified atom stereocenters. The molecule has 1 aromatic rings. The van der Waals surface area contributed by atoms with Crippen LogP contribution in [0, 0.1) is 15.5 Å². The van der Waals surface area contributed by atoms with E-state index >= 15 is 0 Å². The smallest absolute Gasteiger partial charge is 0.348 e. The lowest BCUT2D eigenvalue weighted by Crippen LogP contribution is -2.35. The van der Waals surface area contributed by atoms with Crippen molar-refractivity contribution >= 4 is 11.7 Å². The predicted octanol–water partition coefficient (Wildman–Crippen LogP) is 1.93. The first-order chi connectivity index (χ1) is 8.40. The average Bonchev–Trinajstić information content (AvgIpc) is 2.57. The number of nitro benzene ring substituents is 1. The molecule has 0 bridgehead atoms. The minimum atomic E-state index is -0.682. The minimum absolute atomic E-state index is 0.0180. The Balaban J connectivity index is 2.14. The van der Waals surface area contributed by atoms with Crippen LogP contribution in [0.2, 0.25) is 0 Å². The van der Waals surface area contributed by atoms with Crippen molar-refractivity contribution in [2.75, 3.05) is 6.61 Å². The van der Waals surface area contributed by atoms with Gasteiger partial charge in [-0.1, -0.05) is 13.8 Å². The molecule has 0 spiro atoms. The predicted molar refractivity (Wildman–Crippen MR) is 62.3 cm³/mol. The Bertz CT molecular complexity index is 480. The van der Waals surface area contributed by atoms with Gasteiger partial charge in [-0.3, -0.25) is 10.1 Å². The Morgan fingerprint density at radius 1 is 1.39 bits per heavy atom. The molecule has 1 fully saturated rings. The van der Waals surface area contributed by atoms with E-state index < -0.39 is 22.4 Å². The van der Waals surface area contributed by atoms with Gasteiger partial charge in [0.15, 0.2) is 0 Å². The van der Waals surface area contributed by atoms with Gasteiger partial charge in [0.05, 0.1) is 4.92 Å². The maximum absolute atomic E-state index is 11.5. The quantitative estimate of drug-likeness (QED) is 0.466. The SMILES string of the molecule is CC1(C)COC(=O)C1Oc1ccc([N+](=O)[O-])cc1. The van der Waals surface area contributed by atoms with Gasteiger partial charge in [-0.15, -0.1) is 0 Å². The molecule has 0 aliphatic carbocycles. The molecule has 1 atom stereocenters. The summed E-state index contributed by atoms with van der Waals surface area (Å²) in [6, 6.07) is 5.62. The third-order valence-corrected chi connectivity index (χ3v) is 2.81. The Morgan fingerprint density at radius 2 is 2.00 bits per heavy atom. The van der Waals surface area contributed by atoms with Gasteiger partial charge in [-0.25, -0.2) is 4.79 Å². The lowest BCUT2D eigenvalue weighted by Gasteiger charge is -2.22. The van der Waals surface area contributed by atoms with E-state index in [4.69, 9.17) is 9.47 Å². The second-order valence-electron chi connectivity index (χ2n) is 4.85. The maximum atomic E-state index is 11.5. The molecule has 1 aliphatic rings. The number of hydrogen-bond donors (Lipinski definition) is 0. The Morgan fingerprint density at radius 3 is 2.44 bits per heavy atom. The molecule has 6 nitrogen and oxygen atoms in total. The number of hydrogen-bond acceptors (Lipinski definition) is 5. The fraction of sp³-hybridized carbons (Fsp3) is 0.417. The third kappa shape index (κ3) is 2.27. The molecule has 96 valence electrons. The summed E-state index contributed by atoms with van der Waals surface area (Å²) in [6.07, 6.45) is -0.682. The molecule has 1 heterocycles. The van der Waals surface area contributed by atoms with E-state index in [1.165, 1.54) is 24.3 Å². The molecular weight excluding hydrogens is 238 g/mol. The van der Waals surface area contributed by atoms with Gasteiger partial charge in [-0.2, -0.15) is 0 Å². The number of carbonyl (C=O) groups is 1. The molecule has 18 heavy (non-hydrogen) atoms.